The smallest absolute Gasteiger partial charge is 0.266 e. The van der Waals surface area contributed by atoms with Crippen LogP contribution in [0.1, 0.15) is 37.7 Å². The third-order valence-corrected chi connectivity index (χ3v) is 5.39. The molecule has 4 nitrogen and oxygen atoms in total. The van der Waals surface area contributed by atoms with Crippen LogP contribution in [0.25, 0.3) is 6.08 Å². The summed E-state index contributed by atoms with van der Waals surface area (Å²) >= 11 is 6.68. The van der Waals surface area contributed by atoms with E-state index in [9.17, 15) is 15.0 Å². The van der Waals surface area contributed by atoms with Gasteiger partial charge in [0.25, 0.3) is 5.91 Å². The molecule has 0 radical (unpaired) electrons. The summed E-state index contributed by atoms with van der Waals surface area (Å²) in [5, 5.41) is 18.9. The molecule has 3 rings (SSSR count). The minimum atomic E-state index is -0.198. The normalized spacial score (nSPS) is 21.8. The lowest BCUT2D eigenvalue weighted by molar-refractivity contribution is -0.124. The van der Waals surface area contributed by atoms with E-state index in [0.29, 0.717) is 14.8 Å². The van der Waals surface area contributed by atoms with Crippen molar-refractivity contribution in [1.29, 1.82) is 0 Å². The molecule has 1 aromatic rings. The SMILES string of the molecule is O=C1C(=Cc2ccc(O)c(O)c2)SC(=S)N1C1CCCCC1. The lowest BCUT2D eigenvalue weighted by atomic mass is 9.94. The van der Waals surface area contributed by atoms with Crippen LogP contribution in [0.4, 0.5) is 0 Å². The average molecular weight is 335 g/mol. The number of hydrogen-bond acceptors (Lipinski definition) is 5. The molecule has 1 aliphatic heterocycles. The Morgan fingerprint density at radius 2 is 1.91 bits per heavy atom. The minimum Gasteiger partial charge on any atom is -0.504 e. The molecule has 22 heavy (non-hydrogen) atoms. The second kappa shape index (κ2) is 6.30. The molecule has 1 saturated heterocycles. The average Bonchev–Trinajstić information content (AvgIpc) is 2.78. The van der Waals surface area contributed by atoms with Crippen molar-refractivity contribution in [2.24, 2.45) is 0 Å². The van der Waals surface area contributed by atoms with Gasteiger partial charge in [0.15, 0.2) is 11.5 Å². The molecule has 1 aliphatic carbocycles. The molecule has 1 saturated carbocycles. The van der Waals surface area contributed by atoms with Gasteiger partial charge in [0.1, 0.15) is 4.32 Å². The number of nitrogens with zero attached hydrogens (tertiary/aromatic N) is 1. The summed E-state index contributed by atoms with van der Waals surface area (Å²) in [6.45, 7) is 0. The molecule has 2 aliphatic rings. The zero-order valence-corrected chi connectivity index (χ0v) is 13.6. The van der Waals surface area contributed by atoms with Crippen LogP contribution in [0, 0.1) is 0 Å². The highest BCUT2D eigenvalue weighted by atomic mass is 32.2. The highest BCUT2D eigenvalue weighted by molar-refractivity contribution is 8.26. The largest absolute Gasteiger partial charge is 0.504 e. The molecule has 0 aromatic heterocycles. The highest BCUT2D eigenvalue weighted by Crippen LogP contribution is 2.37. The number of aromatic hydroxyl groups is 2. The summed E-state index contributed by atoms with van der Waals surface area (Å²) < 4.78 is 0.617. The predicted molar refractivity (Wildman–Crippen MR) is 91.7 cm³/mol. The standard InChI is InChI=1S/C16H17NO3S2/c18-12-7-6-10(8-13(12)19)9-14-15(20)17(16(21)22-14)11-4-2-1-3-5-11/h6-9,11,18-19H,1-5H2. The Balaban J connectivity index is 1.83. The van der Waals surface area contributed by atoms with Crippen molar-refractivity contribution < 1.29 is 15.0 Å². The van der Waals surface area contributed by atoms with Gasteiger partial charge < -0.3 is 10.2 Å². The van der Waals surface area contributed by atoms with E-state index in [2.05, 4.69) is 0 Å². The Hall–Kier alpha value is -1.53. The lowest BCUT2D eigenvalue weighted by Crippen LogP contribution is -2.39. The Labute approximate surface area is 138 Å². The van der Waals surface area contributed by atoms with Gasteiger partial charge in [-0.1, -0.05) is 49.3 Å². The maximum atomic E-state index is 12.6. The summed E-state index contributed by atoms with van der Waals surface area (Å²) in [6, 6.07) is 4.72. The van der Waals surface area contributed by atoms with Gasteiger partial charge in [0, 0.05) is 6.04 Å². The first-order valence-corrected chi connectivity index (χ1v) is 8.58. The van der Waals surface area contributed by atoms with Crippen molar-refractivity contribution in [2.45, 2.75) is 38.1 Å². The van der Waals surface area contributed by atoms with Crippen LogP contribution in [0.2, 0.25) is 0 Å². The molecule has 0 unspecified atom stereocenters. The zero-order valence-electron chi connectivity index (χ0n) is 12.0. The van der Waals surface area contributed by atoms with Crippen molar-refractivity contribution in [3.8, 4) is 11.5 Å². The molecule has 6 heteroatoms. The van der Waals surface area contributed by atoms with Crippen molar-refractivity contribution >= 4 is 40.3 Å². The third kappa shape index (κ3) is 2.98. The van der Waals surface area contributed by atoms with E-state index in [1.54, 1.807) is 17.0 Å². The van der Waals surface area contributed by atoms with Crippen LogP contribution in [0.15, 0.2) is 23.1 Å². The molecule has 1 heterocycles. The van der Waals surface area contributed by atoms with E-state index in [1.165, 1.54) is 30.3 Å². The first kappa shape index (κ1) is 15.4. The number of carbonyl (C=O) groups excluding carboxylic acids is 1. The number of amides is 1. The van der Waals surface area contributed by atoms with Crippen LogP contribution in [0.5, 0.6) is 11.5 Å². The first-order chi connectivity index (χ1) is 10.6. The van der Waals surface area contributed by atoms with Crippen LogP contribution < -0.4 is 0 Å². The van der Waals surface area contributed by atoms with Gasteiger partial charge in [0.05, 0.1) is 4.91 Å². The van der Waals surface area contributed by atoms with Crippen molar-refractivity contribution in [3.05, 3.63) is 28.7 Å². The van der Waals surface area contributed by atoms with E-state index in [4.69, 9.17) is 12.2 Å². The van der Waals surface area contributed by atoms with Gasteiger partial charge in [0.2, 0.25) is 0 Å². The number of rotatable bonds is 2. The van der Waals surface area contributed by atoms with E-state index >= 15 is 0 Å². The number of hydrogen-bond donors (Lipinski definition) is 2. The van der Waals surface area contributed by atoms with Gasteiger partial charge >= 0.3 is 0 Å². The molecule has 1 aromatic carbocycles. The Morgan fingerprint density at radius 1 is 1.18 bits per heavy atom. The van der Waals surface area contributed by atoms with E-state index < -0.39 is 0 Å². The second-order valence-electron chi connectivity index (χ2n) is 5.59. The topological polar surface area (TPSA) is 60.8 Å². The Morgan fingerprint density at radius 3 is 2.59 bits per heavy atom. The Bertz CT molecular complexity index is 651. The fourth-order valence-electron chi connectivity index (χ4n) is 2.92. The van der Waals surface area contributed by atoms with Crippen molar-refractivity contribution in [3.63, 3.8) is 0 Å². The fraction of sp³-hybridized carbons (Fsp3) is 0.375. The van der Waals surface area contributed by atoms with Crippen molar-refractivity contribution in [2.75, 3.05) is 0 Å². The highest BCUT2D eigenvalue weighted by Gasteiger charge is 2.37. The quantitative estimate of drug-likeness (QED) is 0.491. The summed E-state index contributed by atoms with van der Waals surface area (Å²) in [5.74, 6) is -0.419. The molecule has 0 atom stereocenters. The minimum absolute atomic E-state index is 0.0468. The van der Waals surface area contributed by atoms with Crippen LogP contribution in [-0.2, 0) is 4.79 Å². The van der Waals surface area contributed by atoms with Gasteiger partial charge in [-0.2, -0.15) is 0 Å². The number of carbonyl (C=O) groups is 1. The summed E-state index contributed by atoms with van der Waals surface area (Å²) in [7, 11) is 0. The Kier molecular flexibility index (Phi) is 4.40. The van der Waals surface area contributed by atoms with E-state index in [-0.39, 0.29) is 23.4 Å². The van der Waals surface area contributed by atoms with Gasteiger partial charge in [-0.15, -0.1) is 0 Å². The summed E-state index contributed by atoms with van der Waals surface area (Å²) in [5.41, 5.74) is 0.666. The van der Waals surface area contributed by atoms with Gasteiger partial charge in [-0.05, 0) is 36.6 Å². The maximum Gasteiger partial charge on any atom is 0.266 e. The fourth-order valence-corrected chi connectivity index (χ4v) is 4.32. The molecule has 2 N–H and O–H groups in total. The molecule has 116 valence electrons. The molecule has 0 spiro atoms. The zero-order chi connectivity index (χ0) is 15.7. The lowest BCUT2D eigenvalue weighted by Gasteiger charge is -2.29. The number of benzene rings is 1. The van der Waals surface area contributed by atoms with Crippen LogP contribution in [0.3, 0.4) is 0 Å². The summed E-state index contributed by atoms with van der Waals surface area (Å²) in [4.78, 5) is 14.9. The number of thiocarbonyl (C=S) groups is 1. The van der Waals surface area contributed by atoms with E-state index in [1.807, 2.05) is 0 Å². The van der Waals surface area contributed by atoms with E-state index in [0.717, 1.165) is 25.7 Å². The second-order valence-corrected chi connectivity index (χ2v) is 7.27. The third-order valence-electron chi connectivity index (χ3n) is 4.06. The predicted octanol–water partition coefficient (Wildman–Crippen LogP) is 3.63. The summed E-state index contributed by atoms with van der Waals surface area (Å²) in [6.07, 6.45) is 7.26. The van der Waals surface area contributed by atoms with Crippen LogP contribution in [-0.4, -0.2) is 31.4 Å². The number of thioether (sulfide) groups is 1. The monoisotopic (exact) mass is 335 g/mol. The number of phenolic OH excluding ortho intramolecular Hbond substituents is 2. The first-order valence-electron chi connectivity index (χ1n) is 7.35. The van der Waals surface area contributed by atoms with Crippen molar-refractivity contribution in [1.82, 2.24) is 4.90 Å². The molecule has 2 fully saturated rings. The molecule has 0 bridgehead atoms. The molecule has 1 amide bonds. The van der Waals surface area contributed by atoms with Crippen LogP contribution >= 0.6 is 24.0 Å². The number of phenols is 2. The molecular weight excluding hydrogens is 318 g/mol. The maximum absolute atomic E-state index is 12.6. The van der Waals surface area contributed by atoms with Gasteiger partial charge in [-0.25, -0.2) is 0 Å². The van der Waals surface area contributed by atoms with Gasteiger partial charge in [-0.3, -0.25) is 9.69 Å². The molecular formula is C16H17NO3S2.